The van der Waals surface area contributed by atoms with E-state index >= 15 is 0 Å². The summed E-state index contributed by atoms with van der Waals surface area (Å²) in [7, 11) is -1.56. The summed E-state index contributed by atoms with van der Waals surface area (Å²) in [6, 6.07) is 13.5. The molecule has 1 rings (SSSR count). The van der Waals surface area contributed by atoms with Gasteiger partial charge in [0, 0.05) is 32.3 Å². The van der Waals surface area contributed by atoms with Gasteiger partial charge in [-0.2, -0.15) is 21.0 Å². The number of unbranched alkanes of at least 4 members (excludes halogenated alkanes) is 4. The summed E-state index contributed by atoms with van der Waals surface area (Å²) in [5.41, 5.74) is 0. The van der Waals surface area contributed by atoms with E-state index in [1.807, 2.05) is 0 Å². The summed E-state index contributed by atoms with van der Waals surface area (Å²) in [6.45, 7) is -1.23. The van der Waals surface area contributed by atoms with Crippen molar-refractivity contribution in [1.82, 2.24) is 0 Å². The molecule has 0 aliphatic carbocycles. The van der Waals surface area contributed by atoms with Gasteiger partial charge in [-0.05, 0) is 62.3 Å². The Balaban J connectivity index is -0.000000228. The van der Waals surface area contributed by atoms with E-state index < -0.39 is 15.0 Å². The Labute approximate surface area is 207 Å². The quantitative estimate of drug-likeness (QED) is 0.151. The van der Waals surface area contributed by atoms with E-state index in [2.05, 4.69) is 24.3 Å². The highest BCUT2D eigenvalue weighted by Gasteiger charge is 2.35. The van der Waals surface area contributed by atoms with Crippen LogP contribution in [0.2, 0.25) is 30.2 Å². The molecule has 1 fully saturated rings. The summed E-state index contributed by atoms with van der Waals surface area (Å²) in [6.07, 6.45) is 8.33. The minimum absolute atomic E-state index is 0. The van der Waals surface area contributed by atoms with Crippen LogP contribution in [0.5, 0.6) is 0 Å². The Morgan fingerprint density at radius 3 is 1.47 bits per heavy atom. The molecular weight excluding hydrogens is 479 g/mol. The molecule has 2 N–H and O–H groups in total. The van der Waals surface area contributed by atoms with Gasteiger partial charge >= 0.3 is 0 Å². The van der Waals surface area contributed by atoms with Crippen LogP contribution in [-0.2, 0) is 4.43 Å². The van der Waals surface area contributed by atoms with E-state index in [-0.39, 0.29) is 20.3 Å². The van der Waals surface area contributed by atoms with Crippen LogP contribution >= 0.6 is 22.2 Å². The zero-order valence-corrected chi connectivity index (χ0v) is 21.3. The van der Waals surface area contributed by atoms with Crippen LogP contribution in [0.3, 0.4) is 0 Å². The zero-order chi connectivity index (χ0) is 21.8. The van der Waals surface area contributed by atoms with Gasteiger partial charge in [0.05, 0.1) is 24.3 Å². The first kappa shape index (κ1) is 38.2. The smallest absolute Gasteiger partial charge is 0.251 e. The highest BCUT2D eigenvalue weighted by atomic mass is 35.7. The SMILES string of the molecule is C.C.N#CCCC[Si](Cl)(Cl)CCCC#N.N#CCCC[Si]1(CCCC#N)CCCCO1.O. The largest absolute Gasteiger partial charge is 0.417 e. The summed E-state index contributed by atoms with van der Waals surface area (Å²) in [5.74, 6) is 0. The lowest BCUT2D eigenvalue weighted by Crippen LogP contribution is -2.41. The molecule has 0 bridgehead atoms. The summed E-state index contributed by atoms with van der Waals surface area (Å²) in [4.78, 5) is 0. The Bertz CT molecular complexity index is 561. The molecule has 0 saturated carbocycles. The number of nitriles is 4. The van der Waals surface area contributed by atoms with Gasteiger partial charge < -0.3 is 9.90 Å². The van der Waals surface area contributed by atoms with Crippen molar-refractivity contribution in [1.29, 1.82) is 21.0 Å². The molecule has 0 amide bonds. The van der Waals surface area contributed by atoms with Crippen LogP contribution < -0.4 is 0 Å². The number of hydrogen-bond donors (Lipinski definition) is 0. The maximum Gasteiger partial charge on any atom is 0.251 e. The van der Waals surface area contributed by atoms with Crippen molar-refractivity contribution in [2.45, 2.75) is 109 Å². The topological polar surface area (TPSA) is 136 Å². The fourth-order valence-corrected chi connectivity index (χ4v) is 10.9. The van der Waals surface area contributed by atoms with E-state index in [0.29, 0.717) is 25.7 Å². The highest BCUT2D eigenvalue weighted by molar-refractivity contribution is 7.45. The Morgan fingerprint density at radius 2 is 1.12 bits per heavy atom. The maximum absolute atomic E-state index is 8.58. The monoisotopic (exact) mass is 520 g/mol. The minimum atomic E-state index is -2.14. The Morgan fingerprint density at radius 1 is 0.719 bits per heavy atom. The first-order valence-corrected chi connectivity index (χ1v) is 17.4. The molecule has 184 valence electrons. The summed E-state index contributed by atoms with van der Waals surface area (Å²) >= 11 is 12.2. The van der Waals surface area contributed by atoms with Crippen LogP contribution in [0, 0.1) is 45.3 Å². The molecule has 1 aliphatic rings. The van der Waals surface area contributed by atoms with E-state index in [1.165, 1.54) is 18.9 Å². The van der Waals surface area contributed by atoms with Gasteiger partial charge in [0.1, 0.15) is 0 Å². The first-order chi connectivity index (χ1) is 13.9. The van der Waals surface area contributed by atoms with Crippen LogP contribution in [0.1, 0.15) is 79.1 Å². The second kappa shape index (κ2) is 24.5. The van der Waals surface area contributed by atoms with E-state index in [1.54, 1.807) is 0 Å². The maximum atomic E-state index is 8.58. The minimum Gasteiger partial charge on any atom is -0.417 e. The van der Waals surface area contributed by atoms with Crippen LogP contribution in [0.4, 0.5) is 0 Å². The highest BCUT2D eigenvalue weighted by Crippen LogP contribution is 2.32. The van der Waals surface area contributed by atoms with Gasteiger partial charge in [0.2, 0.25) is 0 Å². The number of hydrogen-bond acceptors (Lipinski definition) is 5. The van der Waals surface area contributed by atoms with Crippen molar-refractivity contribution < 1.29 is 9.90 Å². The zero-order valence-electron chi connectivity index (χ0n) is 17.8. The van der Waals surface area contributed by atoms with Crippen LogP contribution in [-0.4, -0.2) is 27.1 Å². The van der Waals surface area contributed by atoms with Gasteiger partial charge in [-0.3, -0.25) is 0 Å². The first-order valence-electron chi connectivity index (χ1n) is 10.4. The van der Waals surface area contributed by atoms with Gasteiger partial charge in [0.15, 0.2) is 8.32 Å². The van der Waals surface area contributed by atoms with Gasteiger partial charge in [0.25, 0.3) is 6.69 Å². The molecule has 6 nitrogen and oxygen atoms in total. The summed E-state index contributed by atoms with van der Waals surface area (Å²) < 4.78 is 6.08. The molecule has 0 radical (unpaired) electrons. The lowest BCUT2D eigenvalue weighted by Gasteiger charge is -2.35. The van der Waals surface area contributed by atoms with Crippen LogP contribution in [0.15, 0.2) is 0 Å². The fourth-order valence-electron chi connectivity index (χ4n) is 3.39. The van der Waals surface area contributed by atoms with Crippen LogP contribution in [0.25, 0.3) is 0 Å². The molecule has 0 aromatic heterocycles. The van der Waals surface area contributed by atoms with E-state index in [0.717, 1.165) is 56.5 Å². The molecular formula is C22H42Cl2N4O2Si2. The normalized spacial score (nSPS) is 13.6. The van der Waals surface area contributed by atoms with Gasteiger partial charge in [-0.25, -0.2) is 0 Å². The van der Waals surface area contributed by atoms with Gasteiger partial charge in [-0.15, -0.1) is 22.2 Å². The third-order valence-electron chi connectivity index (χ3n) is 4.94. The molecule has 1 heterocycles. The second-order valence-electron chi connectivity index (χ2n) is 7.39. The molecule has 1 saturated heterocycles. The summed E-state index contributed by atoms with van der Waals surface area (Å²) in [5, 5.41) is 33.8. The molecule has 0 unspecified atom stereocenters. The average Bonchev–Trinajstić information content (AvgIpc) is 2.70. The lowest BCUT2D eigenvalue weighted by atomic mass is 10.3. The van der Waals surface area contributed by atoms with Crippen molar-refractivity contribution in [3.05, 3.63) is 0 Å². The number of rotatable bonds is 12. The van der Waals surface area contributed by atoms with Crippen molar-refractivity contribution in [3.63, 3.8) is 0 Å². The van der Waals surface area contributed by atoms with Crippen molar-refractivity contribution in [3.8, 4) is 24.3 Å². The predicted octanol–water partition coefficient (Wildman–Crippen LogP) is 7.31. The van der Waals surface area contributed by atoms with Crippen molar-refractivity contribution >= 4 is 37.2 Å². The molecule has 32 heavy (non-hydrogen) atoms. The lowest BCUT2D eigenvalue weighted by molar-refractivity contribution is 0.264. The van der Waals surface area contributed by atoms with E-state index in [4.69, 9.17) is 47.6 Å². The third-order valence-corrected chi connectivity index (χ3v) is 14.0. The fraction of sp³-hybridized carbons (Fsp3) is 0.818. The number of nitrogens with zero attached hydrogens (tertiary/aromatic N) is 4. The molecule has 10 heteroatoms. The second-order valence-corrected chi connectivity index (χ2v) is 19.2. The molecule has 1 aliphatic heterocycles. The average molecular weight is 522 g/mol. The van der Waals surface area contributed by atoms with Crippen molar-refractivity contribution in [2.75, 3.05) is 6.61 Å². The standard InChI is InChI=1S/C12H20N2OSi.C8H12Cl2N2Si.2CH4.H2O/c13-7-1-4-10-16(11-5-2-8-14)12-6-3-9-15-16;9-13(10,7-3-1-5-11)8-4-2-6-12;;;/h1-6,9-12H2;1-4,7-8H2;2*1H4;1H2. The molecule has 0 spiro atoms. The predicted molar refractivity (Wildman–Crippen MR) is 139 cm³/mol. The Hall–Kier alpha value is -1.11. The Kier molecular flexibility index (Phi) is 29.3. The van der Waals surface area contributed by atoms with Crippen molar-refractivity contribution in [2.24, 2.45) is 0 Å². The molecule has 0 aromatic carbocycles. The third kappa shape index (κ3) is 20.8. The molecule has 0 atom stereocenters. The molecule has 0 aromatic rings. The number of halogens is 2. The van der Waals surface area contributed by atoms with E-state index in [9.17, 15) is 0 Å². The van der Waals surface area contributed by atoms with Gasteiger partial charge in [-0.1, -0.05) is 21.3 Å².